The Hall–Kier alpha value is -2.90. The average molecular weight is 387 g/mol. The Labute approximate surface area is 169 Å². The number of fused-ring (bicyclic) bond motifs is 1. The zero-order chi connectivity index (χ0) is 19.5. The maximum Gasteiger partial charge on any atom is 0.237 e. The Bertz CT molecular complexity index is 979. The van der Waals surface area contributed by atoms with Gasteiger partial charge >= 0.3 is 0 Å². The molecule has 0 bridgehead atoms. The Morgan fingerprint density at radius 3 is 2.29 bits per heavy atom. The van der Waals surface area contributed by atoms with Crippen molar-refractivity contribution in [3.63, 3.8) is 0 Å². The van der Waals surface area contributed by atoms with Crippen LogP contribution in [0.2, 0.25) is 0 Å². The summed E-state index contributed by atoms with van der Waals surface area (Å²) in [5.41, 5.74) is 3.68. The molecule has 1 aromatic heterocycles. The lowest BCUT2D eigenvalue weighted by molar-refractivity contribution is -0.116. The molecule has 0 saturated carbocycles. The number of nitriles is 1. The predicted molar refractivity (Wildman–Crippen MR) is 114 cm³/mol. The molecule has 28 heavy (non-hydrogen) atoms. The molecule has 0 saturated heterocycles. The first kappa shape index (κ1) is 18.5. The van der Waals surface area contributed by atoms with Gasteiger partial charge in [0.15, 0.2) is 0 Å². The van der Waals surface area contributed by atoms with Crippen molar-refractivity contribution in [2.24, 2.45) is 5.92 Å². The van der Waals surface area contributed by atoms with Crippen molar-refractivity contribution in [1.82, 2.24) is 0 Å². The molecular formula is C24H22N2OS. The van der Waals surface area contributed by atoms with Crippen LogP contribution in [-0.4, -0.2) is 5.91 Å². The monoisotopic (exact) mass is 386 g/mol. The molecule has 1 N–H and O–H groups in total. The summed E-state index contributed by atoms with van der Waals surface area (Å²) < 4.78 is 0. The SMILES string of the molecule is CC1CCc2c(sc(NC(=O)C(c3ccccc3)c3ccccc3)c2C#N)C1. The zero-order valence-corrected chi connectivity index (χ0v) is 16.6. The van der Waals surface area contributed by atoms with Crippen molar-refractivity contribution in [3.05, 3.63) is 87.8 Å². The van der Waals surface area contributed by atoms with Gasteiger partial charge in [0.25, 0.3) is 0 Å². The van der Waals surface area contributed by atoms with E-state index in [2.05, 4.69) is 18.3 Å². The van der Waals surface area contributed by atoms with Crippen LogP contribution in [-0.2, 0) is 17.6 Å². The molecular weight excluding hydrogens is 364 g/mol. The lowest BCUT2D eigenvalue weighted by atomic mass is 9.88. The van der Waals surface area contributed by atoms with Crippen LogP contribution >= 0.6 is 11.3 Å². The summed E-state index contributed by atoms with van der Waals surface area (Å²) in [6.07, 6.45) is 3.01. The second-order valence-electron chi connectivity index (χ2n) is 7.41. The summed E-state index contributed by atoms with van der Waals surface area (Å²) in [5, 5.41) is 13.5. The van der Waals surface area contributed by atoms with E-state index in [-0.39, 0.29) is 5.91 Å². The van der Waals surface area contributed by atoms with Gasteiger partial charge in [-0.1, -0.05) is 67.6 Å². The van der Waals surface area contributed by atoms with Gasteiger partial charge in [-0.25, -0.2) is 0 Å². The van der Waals surface area contributed by atoms with Gasteiger partial charge in [-0.05, 0) is 41.9 Å². The molecule has 1 unspecified atom stereocenters. The normalized spacial score (nSPS) is 15.7. The minimum Gasteiger partial charge on any atom is -0.316 e. The predicted octanol–water partition coefficient (Wildman–Crippen LogP) is 5.52. The number of nitrogens with zero attached hydrogens (tertiary/aromatic N) is 1. The first-order valence-corrected chi connectivity index (χ1v) is 10.4. The first-order chi connectivity index (χ1) is 13.7. The molecule has 140 valence electrons. The number of rotatable bonds is 4. The molecule has 0 aliphatic heterocycles. The van der Waals surface area contributed by atoms with Crippen LogP contribution in [0.25, 0.3) is 0 Å². The second-order valence-corrected chi connectivity index (χ2v) is 8.52. The third-order valence-electron chi connectivity index (χ3n) is 5.39. The van der Waals surface area contributed by atoms with Crippen LogP contribution in [0, 0.1) is 17.2 Å². The molecule has 1 heterocycles. The van der Waals surface area contributed by atoms with E-state index in [0.29, 0.717) is 16.5 Å². The van der Waals surface area contributed by atoms with Crippen LogP contribution in [0.5, 0.6) is 0 Å². The number of thiophene rings is 1. The Morgan fingerprint density at radius 1 is 1.11 bits per heavy atom. The van der Waals surface area contributed by atoms with Crippen LogP contribution < -0.4 is 5.32 Å². The Balaban J connectivity index is 1.69. The number of amides is 1. The first-order valence-electron chi connectivity index (χ1n) is 9.62. The fourth-order valence-corrected chi connectivity index (χ4v) is 5.29. The van der Waals surface area contributed by atoms with E-state index >= 15 is 0 Å². The number of hydrogen-bond donors (Lipinski definition) is 1. The molecule has 1 amide bonds. The fourth-order valence-electron chi connectivity index (χ4n) is 3.93. The molecule has 2 aromatic carbocycles. The minimum absolute atomic E-state index is 0.0967. The summed E-state index contributed by atoms with van der Waals surface area (Å²) >= 11 is 1.57. The summed E-state index contributed by atoms with van der Waals surface area (Å²) in [7, 11) is 0. The molecule has 4 heteroatoms. The van der Waals surface area contributed by atoms with Gasteiger partial charge in [-0.15, -0.1) is 11.3 Å². The largest absolute Gasteiger partial charge is 0.316 e. The summed E-state index contributed by atoms with van der Waals surface area (Å²) in [6, 6.07) is 21.9. The standard InChI is InChI=1S/C24H22N2OS/c1-16-12-13-19-20(15-25)24(28-21(19)14-16)26-23(27)22(17-8-4-2-5-9-17)18-10-6-3-7-11-18/h2-11,16,22H,12-14H2,1H3,(H,26,27). The third-order valence-corrected chi connectivity index (χ3v) is 6.56. The summed E-state index contributed by atoms with van der Waals surface area (Å²) in [4.78, 5) is 14.6. The molecule has 4 rings (SSSR count). The van der Waals surface area contributed by atoms with Gasteiger partial charge in [0.2, 0.25) is 5.91 Å². The van der Waals surface area contributed by atoms with Crippen LogP contribution in [0.3, 0.4) is 0 Å². The number of anilines is 1. The van der Waals surface area contributed by atoms with E-state index in [9.17, 15) is 10.1 Å². The van der Waals surface area contributed by atoms with E-state index < -0.39 is 5.92 Å². The molecule has 0 fully saturated rings. The maximum absolute atomic E-state index is 13.3. The number of nitrogens with one attached hydrogen (secondary N) is 1. The number of carbonyl (C=O) groups is 1. The van der Waals surface area contributed by atoms with E-state index in [0.717, 1.165) is 36.0 Å². The van der Waals surface area contributed by atoms with Gasteiger partial charge in [-0.3, -0.25) is 4.79 Å². The smallest absolute Gasteiger partial charge is 0.237 e. The highest BCUT2D eigenvalue weighted by Gasteiger charge is 2.28. The van der Waals surface area contributed by atoms with Crippen LogP contribution in [0.4, 0.5) is 5.00 Å². The third kappa shape index (κ3) is 3.58. The highest BCUT2D eigenvalue weighted by molar-refractivity contribution is 7.16. The van der Waals surface area contributed by atoms with Gasteiger partial charge in [0.05, 0.1) is 11.5 Å². The summed E-state index contributed by atoms with van der Waals surface area (Å²) in [5.74, 6) is 0.121. The van der Waals surface area contributed by atoms with Gasteiger partial charge in [-0.2, -0.15) is 5.26 Å². The molecule has 0 spiro atoms. The maximum atomic E-state index is 13.3. The van der Waals surface area contributed by atoms with Crippen molar-refractivity contribution in [2.75, 3.05) is 5.32 Å². The topological polar surface area (TPSA) is 52.9 Å². The Morgan fingerprint density at radius 2 is 1.71 bits per heavy atom. The zero-order valence-electron chi connectivity index (χ0n) is 15.8. The van der Waals surface area contributed by atoms with Crippen molar-refractivity contribution < 1.29 is 4.79 Å². The van der Waals surface area contributed by atoms with Crippen LogP contribution in [0.1, 0.15) is 46.4 Å². The van der Waals surface area contributed by atoms with Crippen molar-refractivity contribution in [3.8, 4) is 6.07 Å². The van der Waals surface area contributed by atoms with E-state index in [4.69, 9.17) is 0 Å². The van der Waals surface area contributed by atoms with Crippen molar-refractivity contribution >= 4 is 22.2 Å². The lowest BCUT2D eigenvalue weighted by Gasteiger charge is -2.17. The van der Waals surface area contributed by atoms with Gasteiger partial charge < -0.3 is 5.32 Å². The van der Waals surface area contributed by atoms with E-state index in [1.165, 1.54) is 4.88 Å². The molecule has 0 radical (unpaired) electrons. The van der Waals surface area contributed by atoms with Gasteiger partial charge in [0, 0.05) is 4.88 Å². The summed E-state index contributed by atoms with van der Waals surface area (Å²) in [6.45, 7) is 2.24. The molecule has 3 aromatic rings. The number of benzene rings is 2. The molecule has 3 nitrogen and oxygen atoms in total. The van der Waals surface area contributed by atoms with E-state index in [1.807, 2.05) is 60.7 Å². The molecule has 1 aliphatic rings. The van der Waals surface area contributed by atoms with Crippen molar-refractivity contribution in [1.29, 1.82) is 5.26 Å². The quantitative estimate of drug-likeness (QED) is 0.642. The highest BCUT2D eigenvalue weighted by Crippen LogP contribution is 2.40. The minimum atomic E-state index is -0.410. The molecule has 1 atom stereocenters. The number of hydrogen-bond acceptors (Lipinski definition) is 3. The van der Waals surface area contributed by atoms with Crippen molar-refractivity contribution in [2.45, 2.75) is 32.1 Å². The lowest BCUT2D eigenvalue weighted by Crippen LogP contribution is -2.22. The van der Waals surface area contributed by atoms with E-state index in [1.54, 1.807) is 11.3 Å². The average Bonchev–Trinajstić information content (AvgIpc) is 3.05. The van der Waals surface area contributed by atoms with Crippen LogP contribution in [0.15, 0.2) is 60.7 Å². The fraction of sp³-hybridized carbons (Fsp3) is 0.250. The number of carbonyl (C=O) groups excluding carboxylic acids is 1. The Kier molecular flexibility index (Phi) is 5.27. The molecule has 1 aliphatic carbocycles. The highest BCUT2D eigenvalue weighted by atomic mass is 32.1. The second kappa shape index (κ2) is 8.00. The van der Waals surface area contributed by atoms with Gasteiger partial charge in [0.1, 0.15) is 11.1 Å².